The topological polar surface area (TPSA) is 18.5 Å². The SMILES string of the molecule is COc1ccc(CCl)cc1OCC1CCC1. The summed E-state index contributed by atoms with van der Waals surface area (Å²) in [6.07, 6.45) is 3.92. The zero-order valence-corrected chi connectivity index (χ0v) is 10.3. The molecule has 0 heterocycles. The number of halogens is 1. The van der Waals surface area contributed by atoms with Gasteiger partial charge in [-0.3, -0.25) is 0 Å². The van der Waals surface area contributed by atoms with E-state index in [1.54, 1.807) is 7.11 Å². The van der Waals surface area contributed by atoms with E-state index in [1.165, 1.54) is 19.3 Å². The summed E-state index contributed by atoms with van der Waals surface area (Å²) in [6, 6.07) is 5.83. The van der Waals surface area contributed by atoms with Crippen LogP contribution in [0, 0.1) is 5.92 Å². The van der Waals surface area contributed by atoms with Crippen molar-refractivity contribution in [2.75, 3.05) is 13.7 Å². The van der Waals surface area contributed by atoms with E-state index in [0.717, 1.165) is 29.6 Å². The van der Waals surface area contributed by atoms with Crippen molar-refractivity contribution in [2.45, 2.75) is 25.1 Å². The van der Waals surface area contributed by atoms with Crippen molar-refractivity contribution >= 4 is 11.6 Å². The zero-order chi connectivity index (χ0) is 11.4. The summed E-state index contributed by atoms with van der Waals surface area (Å²) in [4.78, 5) is 0. The van der Waals surface area contributed by atoms with Crippen LogP contribution >= 0.6 is 11.6 Å². The molecule has 0 spiro atoms. The summed E-state index contributed by atoms with van der Waals surface area (Å²) in [7, 11) is 1.66. The highest BCUT2D eigenvalue weighted by atomic mass is 35.5. The smallest absolute Gasteiger partial charge is 0.161 e. The molecular formula is C13H17ClO2. The highest BCUT2D eigenvalue weighted by molar-refractivity contribution is 6.17. The summed E-state index contributed by atoms with van der Waals surface area (Å²) in [5.74, 6) is 2.83. The number of ether oxygens (including phenoxy) is 2. The minimum absolute atomic E-state index is 0.504. The lowest BCUT2D eigenvalue weighted by atomic mass is 9.86. The van der Waals surface area contributed by atoms with Crippen LogP contribution in [0.15, 0.2) is 18.2 Å². The number of hydrogen-bond acceptors (Lipinski definition) is 2. The number of benzene rings is 1. The molecule has 1 aliphatic carbocycles. The Labute approximate surface area is 102 Å². The first kappa shape index (κ1) is 11.6. The first-order valence-electron chi connectivity index (χ1n) is 5.69. The van der Waals surface area contributed by atoms with E-state index in [9.17, 15) is 0 Å². The van der Waals surface area contributed by atoms with E-state index >= 15 is 0 Å². The quantitative estimate of drug-likeness (QED) is 0.732. The molecule has 3 heteroatoms. The molecule has 1 saturated carbocycles. The molecule has 0 radical (unpaired) electrons. The average molecular weight is 241 g/mol. The van der Waals surface area contributed by atoms with Gasteiger partial charge in [-0.15, -0.1) is 11.6 Å². The fraction of sp³-hybridized carbons (Fsp3) is 0.538. The van der Waals surface area contributed by atoms with Gasteiger partial charge in [0.25, 0.3) is 0 Å². The van der Waals surface area contributed by atoms with Crippen LogP contribution < -0.4 is 9.47 Å². The third-order valence-electron chi connectivity index (χ3n) is 3.08. The molecule has 1 aromatic carbocycles. The van der Waals surface area contributed by atoms with E-state index in [2.05, 4.69) is 0 Å². The predicted molar refractivity (Wildman–Crippen MR) is 65.4 cm³/mol. The van der Waals surface area contributed by atoms with Crippen LogP contribution in [0.4, 0.5) is 0 Å². The molecule has 0 atom stereocenters. The molecule has 0 amide bonds. The number of hydrogen-bond donors (Lipinski definition) is 0. The van der Waals surface area contributed by atoms with Gasteiger partial charge in [0.05, 0.1) is 13.7 Å². The largest absolute Gasteiger partial charge is 0.493 e. The van der Waals surface area contributed by atoms with Crippen molar-refractivity contribution in [1.29, 1.82) is 0 Å². The first-order valence-corrected chi connectivity index (χ1v) is 6.22. The predicted octanol–water partition coefficient (Wildman–Crippen LogP) is 3.61. The number of methoxy groups -OCH3 is 1. The zero-order valence-electron chi connectivity index (χ0n) is 9.54. The van der Waals surface area contributed by atoms with E-state index in [-0.39, 0.29) is 0 Å². The summed E-state index contributed by atoms with van der Waals surface area (Å²) in [6.45, 7) is 0.794. The average Bonchev–Trinajstić information content (AvgIpc) is 2.26. The maximum Gasteiger partial charge on any atom is 0.161 e. The fourth-order valence-electron chi connectivity index (χ4n) is 1.78. The van der Waals surface area contributed by atoms with Crippen molar-refractivity contribution in [3.63, 3.8) is 0 Å². The molecule has 1 fully saturated rings. The Morgan fingerprint density at radius 2 is 2.12 bits per heavy atom. The second-order valence-corrected chi connectivity index (χ2v) is 4.49. The Hall–Kier alpha value is -0.890. The molecule has 2 rings (SSSR count). The number of rotatable bonds is 5. The highest BCUT2D eigenvalue weighted by Crippen LogP contribution is 2.32. The third kappa shape index (κ3) is 2.62. The summed E-state index contributed by atoms with van der Waals surface area (Å²) in [5.41, 5.74) is 1.06. The van der Waals surface area contributed by atoms with Crippen LogP contribution in [-0.4, -0.2) is 13.7 Å². The summed E-state index contributed by atoms with van der Waals surface area (Å²) in [5, 5.41) is 0. The van der Waals surface area contributed by atoms with Gasteiger partial charge in [-0.25, -0.2) is 0 Å². The normalized spacial score (nSPS) is 15.6. The lowest BCUT2D eigenvalue weighted by Gasteiger charge is -2.25. The molecule has 0 unspecified atom stereocenters. The lowest BCUT2D eigenvalue weighted by Crippen LogP contribution is -2.19. The fourth-order valence-corrected chi connectivity index (χ4v) is 1.95. The lowest BCUT2D eigenvalue weighted by molar-refractivity contribution is 0.176. The van der Waals surface area contributed by atoms with Crippen LogP contribution in [0.3, 0.4) is 0 Å². The van der Waals surface area contributed by atoms with Gasteiger partial charge in [0.1, 0.15) is 0 Å². The van der Waals surface area contributed by atoms with Gasteiger partial charge in [0.15, 0.2) is 11.5 Å². The van der Waals surface area contributed by atoms with Crippen LogP contribution in [0.1, 0.15) is 24.8 Å². The van der Waals surface area contributed by atoms with Gasteiger partial charge in [-0.2, -0.15) is 0 Å². The standard InChI is InChI=1S/C13H17ClO2/c1-15-12-6-5-11(8-14)7-13(12)16-9-10-3-2-4-10/h5-7,10H,2-4,8-9H2,1H3. The molecule has 0 aromatic heterocycles. The molecule has 0 bridgehead atoms. The monoisotopic (exact) mass is 240 g/mol. The Morgan fingerprint density at radius 1 is 1.31 bits per heavy atom. The molecule has 2 nitrogen and oxygen atoms in total. The molecule has 1 aromatic rings. The van der Waals surface area contributed by atoms with Gasteiger partial charge in [-0.1, -0.05) is 12.5 Å². The van der Waals surface area contributed by atoms with Crippen LogP contribution in [0.25, 0.3) is 0 Å². The van der Waals surface area contributed by atoms with Gasteiger partial charge in [0, 0.05) is 5.88 Å². The van der Waals surface area contributed by atoms with E-state index < -0.39 is 0 Å². The van der Waals surface area contributed by atoms with E-state index in [4.69, 9.17) is 21.1 Å². The maximum absolute atomic E-state index is 5.80. The molecule has 88 valence electrons. The molecule has 0 N–H and O–H groups in total. The number of alkyl halides is 1. The van der Waals surface area contributed by atoms with Crippen molar-refractivity contribution < 1.29 is 9.47 Å². The van der Waals surface area contributed by atoms with Gasteiger partial charge < -0.3 is 9.47 Å². The molecule has 0 saturated heterocycles. The van der Waals surface area contributed by atoms with E-state index in [0.29, 0.717) is 5.88 Å². The van der Waals surface area contributed by atoms with Crippen molar-refractivity contribution in [3.8, 4) is 11.5 Å². The van der Waals surface area contributed by atoms with Gasteiger partial charge in [-0.05, 0) is 36.5 Å². The van der Waals surface area contributed by atoms with E-state index in [1.807, 2.05) is 18.2 Å². The summed E-state index contributed by atoms with van der Waals surface area (Å²) < 4.78 is 11.1. The molecule has 1 aliphatic rings. The molecular weight excluding hydrogens is 224 g/mol. The molecule has 16 heavy (non-hydrogen) atoms. The summed E-state index contributed by atoms with van der Waals surface area (Å²) >= 11 is 5.80. The second kappa shape index (κ2) is 5.44. The first-order chi connectivity index (χ1) is 7.83. The second-order valence-electron chi connectivity index (χ2n) is 4.23. The van der Waals surface area contributed by atoms with Crippen LogP contribution in [0.5, 0.6) is 11.5 Å². The highest BCUT2D eigenvalue weighted by Gasteiger charge is 2.18. The minimum atomic E-state index is 0.504. The maximum atomic E-state index is 5.80. The molecule has 0 aliphatic heterocycles. The Kier molecular flexibility index (Phi) is 3.94. The van der Waals surface area contributed by atoms with Crippen LogP contribution in [0.2, 0.25) is 0 Å². The van der Waals surface area contributed by atoms with Crippen molar-refractivity contribution in [2.24, 2.45) is 5.92 Å². The Balaban J connectivity index is 2.03. The minimum Gasteiger partial charge on any atom is -0.493 e. The Bertz CT molecular complexity index is 348. The van der Waals surface area contributed by atoms with Crippen LogP contribution in [-0.2, 0) is 5.88 Å². The van der Waals surface area contributed by atoms with Gasteiger partial charge >= 0.3 is 0 Å². The third-order valence-corrected chi connectivity index (χ3v) is 3.39. The Morgan fingerprint density at radius 3 is 2.69 bits per heavy atom. The van der Waals surface area contributed by atoms with Crippen molar-refractivity contribution in [3.05, 3.63) is 23.8 Å². The van der Waals surface area contributed by atoms with Gasteiger partial charge in [0.2, 0.25) is 0 Å². The van der Waals surface area contributed by atoms with Crippen molar-refractivity contribution in [1.82, 2.24) is 0 Å².